The van der Waals surface area contributed by atoms with Gasteiger partial charge in [0.1, 0.15) is 0 Å². The highest BCUT2D eigenvalue weighted by Crippen LogP contribution is 2.33. The molecule has 0 aliphatic carbocycles. The lowest BCUT2D eigenvalue weighted by Crippen LogP contribution is -2.50. The maximum Gasteiger partial charge on any atom is 0.289 e. The zero-order chi connectivity index (χ0) is 23.6. The van der Waals surface area contributed by atoms with Gasteiger partial charge in [0.2, 0.25) is 6.79 Å². The lowest BCUT2D eigenvalue weighted by molar-refractivity contribution is 0.0559. The normalized spacial score (nSPS) is 16.4. The van der Waals surface area contributed by atoms with Crippen LogP contribution in [0.3, 0.4) is 0 Å². The largest absolute Gasteiger partial charge is 0.459 e. The first-order chi connectivity index (χ1) is 17.3. The van der Waals surface area contributed by atoms with Crippen molar-refractivity contribution in [2.75, 3.05) is 33.0 Å². The van der Waals surface area contributed by atoms with Crippen LogP contribution in [0.1, 0.15) is 33.5 Å². The van der Waals surface area contributed by atoms with Gasteiger partial charge in [0.25, 0.3) is 5.91 Å². The molecule has 1 atom stereocenters. The number of ether oxygens (including phenoxy) is 2. The molecule has 6 rings (SSSR count). The second kappa shape index (κ2) is 9.22. The molecule has 0 bridgehead atoms. The summed E-state index contributed by atoms with van der Waals surface area (Å²) in [6.07, 6.45) is 1.52. The number of carbonyl (C=O) groups is 1. The third kappa shape index (κ3) is 4.24. The molecule has 178 valence electrons. The Bertz CT molecular complexity index is 1300. The van der Waals surface area contributed by atoms with Crippen LogP contribution in [0.15, 0.2) is 71.3 Å². The van der Waals surface area contributed by atoms with E-state index in [0.717, 1.165) is 28.5 Å². The SMILES string of the molecule is O=C(c1ccco1)N1CCN([C@@H](c2ccccc2)c2nnnn2Cc2ccc3c(c2)OCO3)CC1. The smallest absolute Gasteiger partial charge is 0.289 e. The standard InChI is InChI=1S/C25H24N6O4/c32-25(21-7-4-14-33-21)30-12-10-29(11-13-30)23(19-5-2-1-3-6-19)24-26-27-28-31(24)16-18-8-9-20-22(15-18)35-17-34-20/h1-9,14-15,23H,10-13,16-17H2/t23-/m0/s1. The summed E-state index contributed by atoms with van der Waals surface area (Å²) in [7, 11) is 0. The molecule has 0 unspecified atom stereocenters. The Morgan fingerprint density at radius 1 is 0.943 bits per heavy atom. The molecular weight excluding hydrogens is 448 g/mol. The molecular formula is C25H24N6O4. The number of benzene rings is 2. The van der Waals surface area contributed by atoms with Gasteiger partial charge in [0.05, 0.1) is 18.8 Å². The number of hydrogen-bond acceptors (Lipinski definition) is 8. The van der Waals surface area contributed by atoms with Crippen molar-refractivity contribution < 1.29 is 18.7 Å². The zero-order valence-corrected chi connectivity index (χ0v) is 19.0. The van der Waals surface area contributed by atoms with Gasteiger partial charge in [-0.25, -0.2) is 4.68 Å². The summed E-state index contributed by atoms with van der Waals surface area (Å²) < 4.78 is 18.1. The molecule has 1 amide bonds. The van der Waals surface area contributed by atoms with E-state index in [0.29, 0.717) is 38.5 Å². The van der Waals surface area contributed by atoms with Gasteiger partial charge >= 0.3 is 0 Å². The highest BCUT2D eigenvalue weighted by atomic mass is 16.7. The fourth-order valence-corrected chi connectivity index (χ4v) is 4.63. The molecule has 10 nitrogen and oxygen atoms in total. The number of piperazine rings is 1. The Morgan fingerprint density at radius 3 is 2.57 bits per heavy atom. The number of hydrogen-bond donors (Lipinski definition) is 0. The van der Waals surface area contributed by atoms with Crippen molar-refractivity contribution in [3.05, 3.63) is 89.6 Å². The van der Waals surface area contributed by atoms with Gasteiger partial charge in [0, 0.05) is 26.2 Å². The average Bonchev–Trinajstić information content (AvgIpc) is 3.68. The van der Waals surface area contributed by atoms with Crippen LogP contribution in [0.4, 0.5) is 0 Å². The van der Waals surface area contributed by atoms with Crippen molar-refractivity contribution in [1.82, 2.24) is 30.0 Å². The van der Waals surface area contributed by atoms with E-state index in [-0.39, 0.29) is 18.7 Å². The molecule has 0 N–H and O–H groups in total. The minimum Gasteiger partial charge on any atom is -0.459 e. The van der Waals surface area contributed by atoms with E-state index in [1.165, 1.54) is 6.26 Å². The Labute approximate surface area is 201 Å². The highest BCUT2D eigenvalue weighted by molar-refractivity contribution is 5.91. The van der Waals surface area contributed by atoms with Crippen LogP contribution in [-0.4, -0.2) is 68.9 Å². The van der Waals surface area contributed by atoms with Gasteiger partial charge in [-0.15, -0.1) is 5.10 Å². The molecule has 35 heavy (non-hydrogen) atoms. The number of fused-ring (bicyclic) bond motifs is 1. The van der Waals surface area contributed by atoms with E-state index >= 15 is 0 Å². The van der Waals surface area contributed by atoms with E-state index in [4.69, 9.17) is 13.9 Å². The molecule has 4 heterocycles. The van der Waals surface area contributed by atoms with Gasteiger partial charge in [-0.3, -0.25) is 9.69 Å². The molecule has 4 aromatic rings. The minimum absolute atomic E-state index is 0.0847. The van der Waals surface area contributed by atoms with E-state index in [1.54, 1.807) is 12.1 Å². The predicted octanol–water partition coefficient (Wildman–Crippen LogP) is 2.59. The van der Waals surface area contributed by atoms with Crippen molar-refractivity contribution in [2.24, 2.45) is 0 Å². The maximum atomic E-state index is 12.7. The lowest BCUT2D eigenvalue weighted by atomic mass is 10.0. The molecule has 1 fully saturated rings. The molecule has 0 spiro atoms. The van der Waals surface area contributed by atoms with Crippen molar-refractivity contribution in [2.45, 2.75) is 12.6 Å². The maximum absolute atomic E-state index is 12.7. The summed E-state index contributed by atoms with van der Waals surface area (Å²) >= 11 is 0. The van der Waals surface area contributed by atoms with Crippen LogP contribution in [-0.2, 0) is 6.54 Å². The molecule has 1 saturated heterocycles. The summed E-state index contributed by atoms with van der Waals surface area (Å²) in [6.45, 7) is 3.28. The Kier molecular flexibility index (Phi) is 5.63. The fourth-order valence-electron chi connectivity index (χ4n) is 4.63. The zero-order valence-electron chi connectivity index (χ0n) is 19.0. The van der Waals surface area contributed by atoms with E-state index < -0.39 is 0 Å². The van der Waals surface area contributed by atoms with Crippen LogP contribution < -0.4 is 9.47 Å². The van der Waals surface area contributed by atoms with Crippen LogP contribution in [0.5, 0.6) is 11.5 Å². The first-order valence-electron chi connectivity index (χ1n) is 11.5. The molecule has 2 aliphatic heterocycles. The summed E-state index contributed by atoms with van der Waals surface area (Å²) in [5.41, 5.74) is 2.11. The topological polar surface area (TPSA) is 98.8 Å². The number of aromatic nitrogens is 4. The molecule has 2 aromatic carbocycles. The quantitative estimate of drug-likeness (QED) is 0.422. The summed E-state index contributed by atoms with van der Waals surface area (Å²) in [5.74, 6) is 2.51. The number of carbonyl (C=O) groups excluding carboxylic acids is 1. The average molecular weight is 473 g/mol. The van der Waals surface area contributed by atoms with Gasteiger partial charge in [0.15, 0.2) is 23.1 Å². The lowest BCUT2D eigenvalue weighted by Gasteiger charge is -2.38. The third-order valence-corrected chi connectivity index (χ3v) is 6.39. The number of tetrazole rings is 1. The van der Waals surface area contributed by atoms with Crippen LogP contribution in [0, 0.1) is 0 Å². The highest BCUT2D eigenvalue weighted by Gasteiger charge is 2.32. The van der Waals surface area contributed by atoms with E-state index in [1.807, 2.05) is 46.0 Å². The second-order valence-corrected chi connectivity index (χ2v) is 8.50. The van der Waals surface area contributed by atoms with Crippen molar-refractivity contribution in [1.29, 1.82) is 0 Å². The van der Waals surface area contributed by atoms with E-state index in [2.05, 4.69) is 32.6 Å². The fraction of sp³-hybridized carbons (Fsp3) is 0.280. The Balaban J connectivity index is 1.25. The molecule has 2 aromatic heterocycles. The van der Waals surface area contributed by atoms with Crippen LogP contribution in [0.25, 0.3) is 0 Å². The van der Waals surface area contributed by atoms with Gasteiger partial charge in [-0.2, -0.15) is 0 Å². The molecule has 0 radical (unpaired) electrons. The van der Waals surface area contributed by atoms with Gasteiger partial charge in [-0.05, 0) is 45.8 Å². The first-order valence-corrected chi connectivity index (χ1v) is 11.5. The molecule has 10 heteroatoms. The summed E-state index contributed by atoms with van der Waals surface area (Å²) in [4.78, 5) is 16.9. The van der Waals surface area contributed by atoms with Crippen LogP contribution >= 0.6 is 0 Å². The van der Waals surface area contributed by atoms with Gasteiger partial charge < -0.3 is 18.8 Å². The van der Waals surface area contributed by atoms with Crippen molar-refractivity contribution in [3.63, 3.8) is 0 Å². The van der Waals surface area contributed by atoms with Crippen LogP contribution in [0.2, 0.25) is 0 Å². The Morgan fingerprint density at radius 2 is 1.77 bits per heavy atom. The monoisotopic (exact) mass is 472 g/mol. The molecule has 2 aliphatic rings. The van der Waals surface area contributed by atoms with Gasteiger partial charge in [-0.1, -0.05) is 36.4 Å². The number of furan rings is 1. The number of rotatable bonds is 6. The number of amides is 1. The summed E-state index contributed by atoms with van der Waals surface area (Å²) in [6, 6.07) is 19.4. The third-order valence-electron chi connectivity index (χ3n) is 6.39. The Hall–Kier alpha value is -4.18. The first kappa shape index (κ1) is 21.4. The molecule has 0 saturated carbocycles. The van der Waals surface area contributed by atoms with E-state index in [9.17, 15) is 4.79 Å². The summed E-state index contributed by atoms with van der Waals surface area (Å²) in [5, 5.41) is 12.8. The van der Waals surface area contributed by atoms with Crippen molar-refractivity contribution >= 4 is 5.91 Å². The minimum atomic E-state index is -0.152. The number of nitrogens with zero attached hydrogens (tertiary/aromatic N) is 6. The second-order valence-electron chi connectivity index (χ2n) is 8.50. The van der Waals surface area contributed by atoms with Crippen molar-refractivity contribution in [3.8, 4) is 11.5 Å². The predicted molar refractivity (Wildman–Crippen MR) is 124 cm³/mol.